The average Bonchev–Trinajstić information content (AvgIpc) is 3.34. The summed E-state index contributed by atoms with van der Waals surface area (Å²) in [5.41, 5.74) is -1.42. The van der Waals surface area contributed by atoms with Crippen LogP contribution < -0.4 is 0 Å². The summed E-state index contributed by atoms with van der Waals surface area (Å²) in [6.07, 6.45) is 2.01. The maximum absolute atomic E-state index is 13.4. The fourth-order valence-corrected chi connectivity index (χ4v) is 7.20. The number of Topliss-reactive ketones (excluding diaryl/α,β-unsaturated/α-hetero) is 1. The average molecular weight is 446 g/mol. The molecule has 9 atom stereocenters. The van der Waals surface area contributed by atoms with Gasteiger partial charge in [0.2, 0.25) is 0 Å². The van der Waals surface area contributed by atoms with Gasteiger partial charge in [-0.15, -0.1) is 0 Å². The quantitative estimate of drug-likeness (QED) is 0.516. The molecule has 0 aromatic carbocycles. The Kier molecular flexibility index (Phi) is 4.67. The van der Waals surface area contributed by atoms with E-state index < -0.39 is 35.2 Å². The van der Waals surface area contributed by atoms with Crippen molar-refractivity contribution < 1.29 is 37.7 Å². The van der Waals surface area contributed by atoms with Crippen LogP contribution in [-0.4, -0.2) is 48.2 Å². The second-order valence-corrected chi connectivity index (χ2v) is 10.3. The summed E-state index contributed by atoms with van der Waals surface area (Å²) in [6.45, 7) is 9.12. The molecular formula is C24H30O8. The molecule has 8 nitrogen and oxygen atoms in total. The normalized spacial score (nSPS) is 47.0. The van der Waals surface area contributed by atoms with Crippen LogP contribution in [0.4, 0.5) is 0 Å². The maximum atomic E-state index is 13.4. The van der Waals surface area contributed by atoms with Gasteiger partial charge in [-0.05, 0) is 17.9 Å². The minimum absolute atomic E-state index is 0.0512. The number of rotatable bonds is 3. The van der Waals surface area contributed by atoms with Crippen molar-refractivity contribution in [3.63, 3.8) is 0 Å². The Balaban J connectivity index is 1.68. The van der Waals surface area contributed by atoms with E-state index in [9.17, 15) is 14.4 Å². The fraction of sp³-hybridized carbons (Fsp3) is 0.708. The lowest BCUT2D eigenvalue weighted by atomic mass is 9.41. The molecule has 0 amide bonds. The Morgan fingerprint density at radius 2 is 1.84 bits per heavy atom. The number of furan rings is 1. The molecule has 0 bridgehead atoms. The summed E-state index contributed by atoms with van der Waals surface area (Å²) in [4.78, 5) is 37.7. The lowest BCUT2D eigenvalue weighted by molar-refractivity contribution is -0.297. The van der Waals surface area contributed by atoms with Gasteiger partial charge in [0, 0.05) is 37.7 Å². The van der Waals surface area contributed by atoms with Crippen molar-refractivity contribution in [2.45, 2.75) is 77.5 Å². The van der Waals surface area contributed by atoms with Crippen molar-refractivity contribution in [1.29, 1.82) is 0 Å². The third-order valence-electron chi connectivity index (χ3n) is 8.77. The highest BCUT2D eigenvalue weighted by Gasteiger charge is 2.81. The molecule has 32 heavy (non-hydrogen) atoms. The van der Waals surface area contributed by atoms with Crippen LogP contribution in [0.5, 0.6) is 0 Å². The van der Waals surface area contributed by atoms with Crippen LogP contribution in [0, 0.1) is 22.7 Å². The first-order chi connectivity index (χ1) is 15.0. The largest absolute Gasteiger partial charge is 0.472 e. The summed E-state index contributed by atoms with van der Waals surface area (Å²) in [7, 11) is 0. The first kappa shape index (κ1) is 21.6. The van der Waals surface area contributed by atoms with E-state index in [0.717, 1.165) is 5.56 Å². The molecular weight excluding hydrogens is 416 g/mol. The number of esters is 2. The highest BCUT2D eigenvalue weighted by molar-refractivity contribution is 5.93. The van der Waals surface area contributed by atoms with Crippen LogP contribution in [0.1, 0.15) is 59.1 Å². The topological polar surface area (TPSA) is 105 Å². The van der Waals surface area contributed by atoms with Crippen LogP contribution >= 0.6 is 0 Å². The third kappa shape index (κ3) is 2.71. The molecule has 2 aliphatic carbocycles. The van der Waals surface area contributed by atoms with E-state index in [1.54, 1.807) is 12.5 Å². The Morgan fingerprint density at radius 1 is 1.16 bits per heavy atom. The number of hydrogen-bond acceptors (Lipinski definition) is 8. The first-order valence-electron chi connectivity index (χ1n) is 11.2. The smallest absolute Gasteiger partial charge is 0.303 e. The van der Waals surface area contributed by atoms with Crippen molar-refractivity contribution in [2.75, 3.05) is 6.61 Å². The maximum Gasteiger partial charge on any atom is 0.303 e. The molecule has 2 saturated carbocycles. The molecule has 0 unspecified atom stereocenters. The Bertz CT molecular complexity index is 949. The van der Waals surface area contributed by atoms with E-state index in [4.69, 9.17) is 23.4 Å². The number of carbonyl (C=O) groups is 3. The van der Waals surface area contributed by atoms with Gasteiger partial charge in [-0.25, -0.2) is 0 Å². The van der Waals surface area contributed by atoms with Crippen molar-refractivity contribution in [1.82, 2.24) is 0 Å². The van der Waals surface area contributed by atoms with Crippen molar-refractivity contribution in [3.8, 4) is 0 Å². The predicted molar refractivity (Wildman–Crippen MR) is 109 cm³/mol. The predicted octanol–water partition coefficient (Wildman–Crippen LogP) is 2.99. The zero-order valence-electron chi connectivity index (χ0n) is 19.1. The Labute approximate surface area is 186 Å². The fourth-order valence-electron chi connectivity index (χ4n) is 7.20. The van der Waals surface area contributed by atoms with Gasteiger partial charge in [-0.2, -0.15) is 0 Å². The van der Waals surface area contributed by atoms with E-state index in [0.29, 0.717) is 6.42 Å². The van der Waals surface area contributed by atoms with E-state index in [1.165, 1.54) is 13.8 Å². The Hall–Kier alpha value is -2.19. The standard InChI is InChI=1S/C24H30O8/c1-12-19(30-13(2)25)21(31-14(3)26)23(5)20-16(8-18(27)24(23)11-29-24)32-17(9-22(12,20)4)15-6-7-28-10-15/h6-7,10,12,16-17,19-21H,8-9,11H2,1-5H3/t12-,16-,17+,19-,20-,21+,22+,23+,24-/m1/s1. The van der Waals surface area contributed by atoms with E-state index >= 15 is 0 Å². The highest BCUT2D eigenvalue weighted by atomic mass is 16.6. The minimum atomic E-state index is -1.06. The van der Waals surface area contributed by atoms with Crippen LogP contribution in [0.3, 0.4) is 0 Å². The molecule has 5 rings (SSSR count). The number of ketones is 1. The van der Waals surface area contributed by atoms with E-state index in [1.807, 2.05) is 19.9 Å². The lowest BCUT2D eigenvalue weighted by Gasteiger charge is -2.67. The second-order valence-electron chi connectivity index (χ2n) is 10.3. The summed E-state index contributed by atoms with van der Waals surface area (Å²) < 4.78 is 29.4. The van der Waals surface area contributed by atoms with E-state index in [-0.39, 0.29) is 48.3 Å². The Morgan fingerprint density at radius 3 is 2.41 bits per heavy atom. The zero-order valence-corrected chi connectivity index (χ0v) is 19.1. The summed E-state index contributed by atoms with van der Waals surface area (Å²) >= 11 is 0. The van der Waals surface area contributed by atoms with Crippen LogP contribution in [-0.2, 0) is 33.3 Å². The number of carbonyl (C=O) groups excluding carboxylic acids is 3. The van der Waals surface area contributed by atoms with Crippen molar-refractivity contribution in [2.24, 2.45) is 22.7 Å². The van der Waals surface area contributed by atoms with Gasteiger partial charge in [0.1, 0.15) is 12.2 Å². The van der Waals surface area contributed by atoms with E-state index in [2.05, 4.69) is 6.92 Å². The molecule has 174 valence electrons. The molecule has 0 radical (unpaired) electrons. The van der Waals surface area contributed by atoms with Crippen molar-refractivity contribution >= 4 is 17.7 Å². The van der Waals surface area contributed by atoms with Gasteiger partial charge in [-0.1, -0.05) is 20.8 Å². The summed E-state index contributed by atoms with van der Waals surface area (Å²) in [5, 5.41) is 0. The van der Waals surface area contributed by atoms with Crippen LogP contribution in [0.25, 0.3) is 0 Å². The van der Waals surface area contributed by atoms with Gasteiger partial charge in [-0.3, -0.25) is 14.4 Å². The van der Waals surface area contributed by atoms with Crippen LogP contribution in [0.15, 0.2) is 23.0 Å². The summed E-state index contributed by atoms with van der Waals surface area (Å²) in [6, 6.07) is 1.88. The summed E-state index contributed by atoms with van der Waals surface area (Å²) in [5.74, 6) is -1.28. The zero-order chi connectivity index (χ0) is 23.1. The second kappa shape index (κ2) is 6.90. The molecule has 1 spiro atoms. The minimum Gasteiger partial charge on any atom is -0.472 e. The monoisotopic (exact) mass is 446 g/mol. The lowest BCUT2D eigenvalue weighted by Crippen LogP contribution is -2.75. The van der Waals surface area contributed by atoms with Gasteiger partial charge < -0.3 is 23.4 Å². The number of fused-ring (bicyclic) bond motifs is 1. The molecule has 3 heterocycles. The molecule has 0 N–H and O–H groups in total. The molecule has 2 aliphatic heterocycles. The molecule has 1 aromatic heterocycles. The molecule has 1 aromatic rings. The van der Waals surface area contributed by atoms with Crippen molar-refractivity contribution in [3.05, 3.63) is 24.2 Å². The number of ether oxygens (including phenoxy) is 4. The number of epoxide rings is 1. The van der Waals surface area contributed by atoms with Crippen LogP contribution in [0.2, 0.25) is 0 Å². The van der Waals surface area contributed by atoms with Gasteiger partial charge in [0.25, 0.3) is 0 Å². The molecule has 2 saturated heterocycles. The van der Waals surface area contributed by atoms with Gasteiger partial charge in [0.05, 0.1) is 36.8 Å². The number of hydrogen-bond donors (Lipinski definition) is 0. The van der Waals surface area contributed by atoms with Gasteiger partial charge >= 0.3 is 11.9 Å². The molecule has 4 aliphatic rings. The molecule has 8 heteroatoms. The van der Waals surface area contributed by atoms with Gasteiger partial charge in [0.15, 0.2) is 11.4 Å². The third-order valence-corrected chi connectivity index (χ3v) is 8.77. The highest BCUT2D eigenvalue weighted by Crippen LogP contribution is 2.71. The SMILES string of the molecule is CC(=O)O[C@@H]1[C@@H](C)[C@]2(C)C[C@@H](c3ccoc3)O[C@@H]3CC(=O)[C@]4(CO4)[C@@](C)([C@H]32)[C@H]1OC(C)=O. The molecule has 4 fully saturated rings. The first-order valence-corrected chi connectivity index (χ1v) is 11.2.